The van der Waals surface area contributed by atoms with E-state index in [4.69, 9.17) is 80.5 Å². The minimum absolute atomic E-state index is 0.783. The fourth-order valence-corrected chi connectivity index (χ4v) is 13.5. The van der Waals surface area contributed by atoms with Gasteiger partial charge in [0.25, 0.3) is 0 Å². The lowest BCUT2D eigenvalue weighted by molar-refractivity contribution is -0.399. The molecule has 0 spiro atoms. The number of rotatable bonds is 27. The fourth-order valence-electron chi connectivity index (χ4n) is 13.5. The average molecular weight is 1560 g/mol. The van der Waals surface area contributed by atoms with Gasteiger partial charge in [-0.2, -0.15) is 0 Å². The predicted octanol–water partition coefficient (Wildman–Crippen LogP) is -20.3. The second-order valence-electron chi connectivity index (χ2n) is 26.7. The van der Waals surface area contributed by atoms with Gasteiger partial charge >= 0.3 is 0 Å². The SMILES string of the molecule is CC(=O)N[C@@H]1[C@@H](O[C@H]2[C@H](O)[C@@H](NC(C)=O)[C@H](O)O[C@@H]2CO)O[C@@H](CO)[C@H](O[C@@H]2O[C@H](CO[C@H]3O[C@H](CO[C@H]4O[C@H](CO)[C@@H](O)[C@H](O)[C@@H]4O[C@H]4O[C@H](CO)[C@@H](O)[C@H](O)[C@@H]4O)[C@@H](O)[C@H](O[C@@H]4O[C@@H](CO)[C@H](O)[C@@H](O)[C@H]4O)[C@@H]3O)[C@@H](O)[C@H](O[C@@H]3O[C@@H](CO)[C@H](O)[C@@H](O)[C@H]3O[C@@H]3O[C@@H](CO)[C@H](O)[C@@H](O)[C@H]3O)[C@@H]2O)[C@H]1O. The lowest BCUT2D eigenvalue weighted by Crippen LogP contribution is -2.70. The van der Waals surface area contributed by atoms with E-state index in [2.05, 4.69) is 10.6 Å². The zero-order valence-electron chi connectivity index (χ0n) is 56.2. The van der Waals surface area contributed by atoms with E-state index in [1.54, 1.807) is 0 Å². The maximum absolute atomic E-state index is 12.9. The summed E-state index contributed by atoms with van der Waals surface area (Å²) in [5.74, 6) is -1.72. The maximum Gasteiger partial charge on any atom is 0.217 e. The summed E-state index contributed by atoms with van der Waals surface area (Å²) in [6, 6.07) is -3.55. The van der Waals surface area contributed by atoms with Gasteiger partial charge in [-0.15, -0.1) is 0 Å². The second kappa shape index (κ2) is 37.9. The first-order chi connectivity index (χ1) is 50.2. The Bertz CT molecular complexity index is 2710. The summed E-state index contributed by atoms with van der Waals surface area (Å²) in [6.07, 6.45) is -90.3. The zero-order chi connectivity index (χ0) is 77.9. The third-order valence-electron chi connectivity index (χ3n) is 19.5. The number of aliphatic hydroxyl groups excluding tert-OH is 27. The van der Waals surface area contributed by atoms with Gasteiger partial charge in [0.05, 0.1) is 59.5 Å². The van der Waals surface area contributed by atoms with E-state index in [0.717, 1.165) is 13.8 Å². The number of amides is 2. The van der Waals surface area contributed by atoms with Gasteiger partial charge in [-0.25, -0.2) is 0 Å². The molecule has 2 amide bonds. The molecule has 48 nitrogen and oxygen atoms in total. The van der Waals surface area contributed by atoms with Crippen LogP contribution in [0.1, 0.15) is 13.8 Å². The van der Waals surface area contributed by atoms with Crippen LogP contribution in [0.4, 0.5) is 0 Å². The van der Waals surface area contributed by atoms with Crippen LogP contribution < -0.4 is 10.6 Å². The predicted molar refractivity (Wildman–Crippen MR) is 320 cm³/mol. The Labute approximate surface area is 598 Å². The van der Waals surface area contributed by atoms with Crippen LogP contribution in [0, 0.1) is 0 Å². The summed E-state index contributed by atoms with van der Waals surface area (Å²) in [7, 11) is 0. The molecule has 0 aromatic rings. The molecule has 0 bridgehead atoms. The maximum atomic E-state index is 12.9. The number of carbonyl (C=O) groups is 2. The molecular weight excluding hydrogens is 1460 g/mol. The van der Waals surface area contributed by atoms with Gasteiger partial charge in [0.1, 0.15) is 220 Å². The van der Waals surface area contributed by atoms with Crippen molar-refractivity contribution in [3.63, 3.8) is 0 Å². The molecule has 0 saturated carbocycles. The molecule has 0 radical (unpaired) electrons. The number of ether oxygens (including phenoxy) is 17. The van der Waals surface area contributed by atoms with Crippen LogP contribution in [-0.4, -0.2) is 485 Å². The molecule has 616 valence electrons. The second-order valence-corrected chi connectivity index (χ2v) is 26.7. The van der Waals surface area contributed by atoms with E-state index < -0.39 is 348 Å². The van der Waals surface area contributed by atoms with Gasteiger partial charge in [-0.05, 0) is 0 Å². The van der Waals surface area contributed by atoms with Crippen LogP contribution in [0.15, 0.2) is 0 Å². The highest BCUT2D eigenvalue weighted by atomic mass is 16.8. The Hall–Kier alpha value is -2.82. The van der Waals surface area contributed by atoms with Gasteiger partial charge in [0.2, 0.25) is 11.8 Å². The monoisotopic (exact) mass is 1560 g/mol. The summed E-state index contributed by atoms with van der Waals surface area (Å²) < 4.78 is 98.8. The smallest absolute Gasteiger partial charge is 0.217 e. The topological polar surface area (TPSA) is 761 Å². The molecule has 9 saturated heterocycles. The summed E-state index contributed by atoms with van der Waals surface area (Å²) in [4.78, 5) is 25.0. The molecular formula is C58H98N2O46. The highest BCUT2D eigenvalue weighted by Gasteiger charge is 2.60. The van der Waals surface area contributed by atoms with Crippen LogP contribution in [0.3, 0.4) is 0 Å². The molecule has 9 heterocycles. The normalized spacial score (nSPS) is 51.2. The third kappa shape index (κ3) is 18.7. The van der Waals surface area contributed by atoms with Crippen molar-refractivity contribution in [2.45, 2.75) is 290 Å². The van der Waals surface area contributed by atoms with Crippen molar-refractivity contribution in [3.05, 3.63) is 0 Å². The summed E-state index contributed by atoms with van der Waals surface area (Å²) in [6.45, 7) is -7.76. The van der Waals surface area contributed by atoms with Crippen molar-refractivity contribution in [3.8, 4) is 0 Å². The molecule has 9 aliphatic rings. The molecule has 9 rings (SSSR count). The van der Waals surface area contributed by atoms with Crippen LogP contribution in [0.5, 0.6) is 0 Å². The van der Waals surface area contributed by atoms with E-state index in [1.807, 2.05) is 0 Å². The number of hydrogen-bond donors (Lipinski definition) is 29. The van der Waals surface area contributed by atoms with Gasteiger partial charge in [-0.3, -0.25) is 9.59 Å². The lowest BCUT2D eigenvalue weighted by Gasteiger charge is -2.50. The van der Waals surface area contributed by atoms with Crippen molar-refractivity contribution < 1.29 is 228 Å². The molecule has 0 aromatic carbocycles. The van der Waals surface area contributed by atoms with Crippen LogP contribution >= 0.6 is 0 Å². The largest absolute Gasteiger partial charge is 0.394 e. The quantitative estimate of drug-likeness (QED) is 0.0363. The summed E-state index contributed by atoms with van der Waals surface area (Å²) in [5, 5.41) is 301. The number of hydrogen-bond acceptors (Lipinski definition) is 46. The minimum atomic E-state index is -2.54. The molecule has 0 aliphatic carbocycles. The van der Waals surface area contributed by atoms with Crippen molar-refractivity contribution in [1.82, 2.24) is 10.6 Å². The van der Waals surface area contributed by atoms with E-state index in [9.17, 15) is 147 Å². The van der Waals surface area contributed by atoms with Crippen LogP contribution in [0.25, 0.3) is 0 Å². The molecule has 0 aromatic heterocycles. The number of aliphatic hydroxyl groups is 27. The molecule has 48 heteroatoms. The first-order valence-corrected chi connectivity index (χ1v) is 33.7. The Morgan fingerprint density at radius 2 is 0.519 bits per heavy atom. The molecule has 0 unspecified atom stereocenters. The van der Waals surface area contributed by atoms with Crippen molar-refractivity contribution in [1.29, 1.82) is 0 Å². The Morgan fingerprint density at radius 3 is 0.934 bits per heavy atom. The van der Waals surface area contributed by atoms with Crippen LogP contribution in [-0.2, 0) is 90.1 Å². The molecule has 29 N–H and O–H groups in total. The Balaban J connectivity index is 1.05. The number of carbonyl (C=O) groups excluding carboxylic acids is 2. The highest BCUT2D eigenvalue weighted by Crippen LogP contribution is 2.39. The Kier molecular flexibility index (Phi) is 31.1. The Morgan fingerprint density at radius 1 is 0.245 bits per heavy atom. The lowest BCUT2D eigenvalue weighted by atomic mass is 9.94. The van der Waals surface area contributed by atoms with Crippen molar-refractivity contribution in [2.24, 2.45) is 0 Å². The van der Waals surface area contributed by atoms with Gasteiger partial charge in [0, 0.05) is 13.8 Å². The zero-order valence-corrected chi connectivity index (χ0v) is 56.2. The number of nitrogens with one attached hydrogen (secondary N) is 2. The van der Waals surface area contributed by atoms with E-state index in [-0.39, 0.29) is 0 Å². The van der Waals surface area contributed by atoms with Gasteiger partial charge < -0.3 is 229 Å². The summed E-state index contributed by atoms with van der Waals surface area (Å²) >= 11 is 0. The third-order valence-corrected chi connectivity index (χ3v) is 19.5. The van der Waals surface area contributed by atoms with Gasteiger partial charge in [-0.1, -0.05) is 0 Å². The average Bonchev–Trinajstić information content (AvgIpc) is 0.780. The van der Waals surface area contributed by atoms with E-state index in [0.29, 0.717) is 0 Å². The minimum Gasteiger partial charge on any atom is -0.394 e. The highest BCUT2D eigenvalue weighted by molar-refractivity contribution is 5.73. The molecule has 45 atom stereocenters. The standard InChI is InChI=1S/C58H98N2O46/c1-12(68)59-23-32(77)44(19(8-66)92-50(23)89)101-51-24(60-13(2)69)33(78)45(20(9-67)98-51)102-56-43(88)47(104-58-49(38(83)29(74)18(7-65)97-58)106-55-41(86)36(81)27(72)16(5-63)95-55)31(76)22(100-56)10-90-52-42(87)46(103-53-39(84)34(79)25(70)14(3-61)93-53)30(75)21(99-52)11-91-57-48(37(82)28(73)17(6-64)96-57)105-54-40(85)35(80)26(71)15(4-62)94-54/h14-58,61-67,70-89H,3-11H2,1-2H3,(H,59,68)(H,60,69)/t14-,15+,16-,17+,18-,19+,20-,21+,22+,23+,24-,25-,26+,27-,28+,29-,30+,31+,32+,33-,34+,35-,36+,37-,38+,39+,40-,41+,42-,43-,44+,45-,46-,47-,48-,49+,50+,51+,52-,53-,54+,55-,56-,57-,58-/m0/s1. The first-order valence-electron chi connectivity index (χ1n) is 33.7. The molecule has 9 fully saturated rings. The van der Waals surface area contributed by atoms with Crippen molar-refractivity contribution in [2.75, 3.05) is 59.5 Å². The van der Waals surface area contributed by atoms with Crippen LogP contribution in [0.2, 0.25) is 0 Å². The van der Waals surface area contributed by atoms with Gasteiger partial charge in [0.15, 0.2) is 56.6 Å². The van der Waals surface area contributed by atoms with E-state index in [1.165, 1.54) is 0 Å². The first kappa shape index (κ1) is 87.2. The molecule has 106 heavy (non-hydrogen) atoms. The summed E-state index contributed by atoms with van der Waals surface area (Å²) in [5.41, 5.74) is 0. The molecule has 9 aliphatic heterocycles. The van der Waals surface area contributed by atoms with E-state index >= 15 is 0 Å². The fraction of sp³-hybridized carbons (Fsp3) is 0.966. The van der Waals surface area contributed by atoms with Crippen molar-refractivity contribution >= 4 is 11.8 Å².